The number of hydrogen-bond acceptors (Lipinski definition) is 2. The van der Waals surface area contributed by atoms with Crippen LogP contribution in [0.5, 0.6) is 0 Å². The molecule has 4 rings (SSSR count). The number of carbonyl (C=O) groups is 2. The summed E-state index contributed by atoms with van der Waals surface area (Å²) in [6.07, 6.45) is 3.82. The average molecular weight is 266 g/mol. The Morgan fingerprint density at radius 1 is 1.25 bits per heavy atom. The molecule has 2 fully saturated rings. The zero-order chi connectivity index (χ0) is 13.7. The van der Waals surface area contributed by atoms with Crippen molar-refractivity contribution in [2.24, 2.45) is 5.92 Å². The molecule has 3 aliphatic rings. The monoisotopic (exact) mass is 266 g/mol. The first kappa shape index (κ1) is 11.5. The Balaban J connectivity index is 1.76. The Labute approximate surface area is 116 Å². The van der Waals surface area contributed by atoms with Crippen LogP contribution in [0.3, 0.4) is 0 Å². The molecule has 0 bridgehead atoms. The number of benzene rings is 1. The number of urea groups is 1. The van der Waals surface area contributed by atoms with Crippen LogP contribution < -0.4 is 10.6 Å². The van der Waals surface area contributed by atoms with Gasteiger partial charge in [-0.25, -0.2) is 4.79 Å². The maximum atomic E-state index is 12.1. The minimum Gasteiger partial charge on any atom is -0.319 e. The first-order valence-electron chi connectivity index (χ1n) is 6.96. The van der Waals surface area contributed by atoms with Gasteiger partial charge in [-0.1, -0.05) is 17.9 Å². The van der Waals surface area contributed by atoms with Crippen LogP contribution in [-0.2, 0) is 16.8 Å². The fraction of sp³-hybridized carbons (Fsp3) is 0.375. The summed E-state index contributed by atoms with van der Waals surface area (Å²) >= 11 is 0. The second-order valence-electron chi connectivity index (χ2n) is 5.73. The maximum Gasteiger partial charge on any atom is 0.322 e. The number of carbonyl (C=O) groups excluding carboxylic acids is 2. The SMILES string of the molecule is O=C1NC(=O)C2(CCc3ccc(C#CC4CC4)cc32)N1. The lowest BCUT2D eigenvalue weighted by Gasteiger charge is -2.21. The van der Waals surface area contributed by atoms with Gasteiger partial charge < -0.3 is 5.32 Å². The lowest BCUT2D eigenvalue weighted by molar-refractivity contribution is -0.124. The van der Waals surface area contributed by atoms with E-state index in [-0.39, 0.29) is 5.91 Å². The quantitative estimate of drug-likeness (QED) is 0.551. The van der Waals surface area contributed by atoms with Crippen molar-refractivity contribution in [2.75, 3.05) is 0 Å². The molecule has 100 valence electrons. The minimum absolute atomic E-state index is 0.242. The van der Waals surface area contributed by atoms with Crippen LogP contribution in [0.1, 0.15) is 36.0 Å². The van der Waals surface area contributed by atoms with Crippen molar-refractivity contribution >= 4 is 11.9 Å². The van der Waals surface area contributed by atoms with Crippen molar-refractivity contribution in [3.63, 3.8) is 0 Å². The number of hydrogen-bond donors (Lipinski definition) is 2. The van der Waals surface area contributed by atoms with E-state index in [4.69, 9.17) is 0 Å². The van der Waals surface area contributed by atoms with Crippen LogP contribution in [0.2, 0.25) is 0 Å². The number of nitrogens with one attached hydrogen (secondary N) is 2. The van der Waals surface area contributed by atoms with E-state index in [1.807, 2.05) is 18.2 Å². The molecule has 20 heavy (non-hydrogen) atoms. The average Bonchev–Trinajstić information content (AvgIpc) is 3.13. The Hall–Kier alpha value is -2.28. The highest BCUT2D eigenvalue weighted by Crippen LogP contribution is 2.39. The summed E-state index contributed by atoms with van der Waals surface area (Å²) in [5.41, 5.74) is 2.08. The zero-order valence-corrected chi connectivity index (χ0v) is 11.0. The summed E-state index contributed by atoms with van der Waals surface area (Å²) in [5.74, 6) is 6.71. The molecule has 1 saturated carbocycles. The fourth-order valence-electron chi connectivity index (χ4n) is 3.00. The van der Waals surface area contributed by atoms with Gasteiger partial charge in [-0.05, 0) is 48.9 Å². The van der Waals surface area contributed by atoms with Crippen LogP contribution in [0.4, 0.5) is 4.79 Å². The molecule has 0 aromatic heterocycles. The molecular formula is C16H14N2O2. The molecular weight excluding hydrogens is 252 g/mol. The molecule has 4 nitrogen and oxygen atoms in total. The van der Waals surface area contributed by atoms with Gasteiger partial charge >= 0.3 is 6.03 Å². The highest BCUT2D eigenvalue weighted by atomic mass is 16.2. The van der Waals surface area contributed by atoms with E-state index in [1.54, 1.807) is 0 Å². The third kappa shape index (κ3) is 1.63. The number of rotatable bonds is 0. The summed E-state index contributed by atoms with van der Waals surface area (Å²) in [7, 11) is 0. The van der Waals surface area contributed by atoms with Crippen molar-refractivity contribution < 1.29 is 9.59 Å². The minimum atomic E-state index is -0.871. The Bertz CT molecular complexity index is 694. The molecule has 1 spiro atoms. The lowest BCUT2D eigenvalue weighted by atomic mass is 9.91. The smallest absolute Gasteiger partial charge is 0.319 e. The Morgan fingerprint density at radius 3 is 2.80 bits per heavy atom. The van der Waals surface area contributed by atoms with E-state index in [9.17, 15) is 9.59 Å². The molecule has 2 aliphatic carbocycles. The van der Waals surface area contributed by atoms with Gasteiger partial charge in [0, 0.05) is 11.5 Å². The van der Waals surface area contributed by atoms with Gasteiger partial charge in [0.05, 0.1) is 0 Å². The molecule has 0 radical (unpaired) electrons. The van der Waals surface area contributed by atoms with Crippen LogP contribution >= 0.6 is 0 Å². The van der Waals surface area contributed by atoms with Crippen LogP contribution in [0.15, 0.2) is 18.2 Å². The van der Waals surface area contributed by atoms with Crippen molar-refractivity contribution in [3.05, 3.63) is 34.9 Å². The van der Waals surface area contributed by atoms with Crippen LogP contribution in [0.25, 0.3) is 0 Å². The third-order valence-electron chi connectivity index (χ3n) is 4.28. The largest absolute Gasteiger partial charge is 0.322 e. The zero-order valence-electron chi connectivity index (χ0n) is 11.0. The normalized spacial score (nSPS) is 26.8. The highest BCUT2D eigenvalue weighted by Gasteiger charge is 2.51. The molecule has 1 aliphatic heterocycles. The second kappa shape index (κ2) is 3.86. The van der Waals surface area contributed by atoms with E-state index < -0.39 is 11.6 Å². The van der Waals surface area contributed by atoms with Crippen molar-refractivity contribution in [3.8, 4) is 11.8 Å². The third-order valence-corrected chi connectivity index (χ3v) is 4.28. The Morgan fingerprint density at radius 2 is 2.10 bits per heavy atom. The van der Waals surface area contributed by atoms with Gasteiger partial charge in [0.2, 0.25) is 0 Å². The summed E-state index contributed by atoms with van der Waals surface area (Å²) in [5, 5.41) is 5.14. The Kier molecular flexibility index (Phi) is 2.23. The summed E-state index contributed by atoms with van der Waals surface area (Å²) in [4.78, 5) is 23.6. The summed E-state index contributed by atoms with van der Waals surface area (Å²) in [6, 6.07) is 5.58. The predicted octanol–water partition coefficient (Wildman–Crippen LogP) is 1.43. The van der Waals surface area contributed by atoms with E-state index in [0.717, 1.165) is 23.1 Å². The van der Waals surface area contributed by atoms with E-state index in [1.165, 1.54) is 12.8 Å². The van der Waals surface area contributed by atoms with E-state index in [0.29, 0.717) is 12.3 Å². The van der Waals surface area contributed by atoms with Gasteiger partial charge in [0.25, 0.3) is 5.91 Å². The van der Waals surface area contributed by atoms with E-state index in [2.05, 4.69) is 22.5 Å². The van der Waals surface area contributed by atoms with Gasteiger partial charge in [-0.3, -0.25) is 10.1 Å². The summed E-state index contributed by atoms with van der Waals surface area (Å²) < 4.78 is 0. The maximum absolute atomic E-state index is 12.1. The first-order chi connectivity index (χ1) is 9.67. The van der Waals surface area contributed by atoms with Crippen molar-refractivity contribution in [1.82, 2.24) is 10.6 Å². The van der Waals surface area contributed by atoms with E-state index >= 15 is 0 Å². The van der Waals surface area contributed by atoms with Crippen molar-refractivity contribution in [1.29, 1.82) is 0 Å². The van der Waals surface area contributed by atoms with Gasteiger partial charge in [0.15, 0.2) is 0 Å². The second-order valence-corrected chi connectivity index (χ2v) is 5.73. The predicted molar refractivity (Wildman–Crippen MR) is 72.7 cm³/mol. The first-order valence-corrected chi connectivity index (χ1v) is 6.96. The molecule has 2 N–H and O–H groups in total. The topological polar surface area (TPSA) is 58.2 Å². The molecule has 1 unspecified atom stereocenters. The molecule has 1 aromatic carbocycles. The number of imide groups is 1. The van der Waals surface area contributed by atoms with Gasteiger partial charge in [0.1, 0.15) is 5.54 Å². The molecule has 1 heterocycles. The number of amides is 3. The molecule has 1 atom stereocenters. The van der Waals surface area contributed by atoms with Gasteiger partial charge in [-0.2, -0.15) is 0 Å². The van der Waals surface area contributed by atoms with Gasteiger partial charge in [-0.15, -0.1) is 0 Å². The molecule has 1 saturated heterocycles. The highest BCUT2D eigenvalue weighted by molar-refractivity contribution is 6.08. The van der Waals surface area contributed by atoms with Crippen molar-refractivity contribution in [2.45, 2.75) is 31.2 Å². The standard InChI is InChI=1S/C16H14N2O2/c19-14-16(18-15(20)17-14)8-7-12-6-5-11(9-13(12)16)4-3-10-1-2-10/h5-6,9-10H,1-2,7-8H2,(H2,17,18,19,20). The van der Waals surface area contributed by atoms with Crippen LogP contribution in [-0.4, -0.2) is 11.9 Å². The lowest BCUT2D eigenvalue weighted by Crippen LogP contribution is -2.41. The van der Waals surface area contributed by atoms with Crippen LogP contribution in [0, 0.1) is 17.8 Å². The number of aryl methyl sites for hydroxylation is 1. The molecule has 4 heteroatoms. The molecule has 1 aromatic rings. The number of fused-ring (bicyclic) bond motifs is 2. The fourth-order valence-corrected chi connectivity index (χ4v) is 3.00. The molecule has 3 amide bonds. The summed E-state index contributed by atoms with van der Waals surface area (Å²) in [6.45, 7) is 0.